The predicted octanol–water partition coefficient (Wildman–Crippen LogP) is 1.74. The second-order valence-electron chi connectivity index (χ2n) is 4.04. The number of benzene rings is 1. The van der Waals surface area contributed by atoms with Crippen LogP contribution in [-0.2, 0) is 6.54 Å². The van der Waals surface area contributed by atoms with E-state index in [2.05, 4.69) is 10.2 Å². The second-order valence-corrected chi connectivity index (χ2v) is 4.43. The summed E-state index contributed by atoms with van der Waals surface area (Å²) in [5.41, 5.74) is 0.324. The molecule has 0 amide bonds. The molecule has 0 aliphatic heterocycles. The minimum atomic E-state index is -0.340. The van der Waals surface area contributed by atoms with Crippen molar-refractivity contribution < 1.29 is 4.39 Å². The van der Waals surface area contributed by atoms with Crippen molar-refractivity contribution in [2.75, 3.05) is 0 Å². The molecule has 3 rings (SSSR count). The van der Waals surface area contributed by atoms with E-state index in [0.29, 0.717) is 10.3 Å². The van der Waals surface area contributed by atoms with Gasteiger partial charge in [0.2, 0.25) is 5.65 Å². The Kier molecular flexibility index (Phi) is 2.75. The van der Waals surface area contributed by atoms with E-state index < -0.39 is 0 Å². The van der Waals surface area contributed by atoms with Gasteiger partial charge >= 0.3 is 0 Å². The topological polar surface area (TPSA) is 55.1 Å². The van der Waals surface area contributed by atoms with Gasteiger partial charge in [-0.3, -0.25) is 14.3 Å². The molecule has 0 bridgehead atoms. The highest BCUT2D eigenvalue weighted by molar-refractivity contribution is 7.71. The first-order valence-electron chi connectivity index (χ1n) is 5.56. The molecule has 1 aromatic carbocycles. The molecule has 0 saturated heterocycles. The normalized spacial score (nSPS) is 11.0. The molecule has 2 aromatic heterocycles. The zero-order valence-corrected chi connectivity index (χ0v) is 10.5. The minimum Gasteiger partial charge on any atom is -0.306 e. The second kappa shape index (κ2) is 4.43. The minimum absolute atomic E-state index is 0.154. The molecule has 0 aliphatic carbocycles. The Morgan fingerprint density at radius 1 is 1.32 bits per heavy atom. The summed E-state index contributed by atoms with van der Waals surface area (Å²) in [5, 5.41) is 6.41. The summed E-state index contributed by atoms with van der Waals surface area (Å²) in [6, 6.07) is 6.34. The van der Waals surface area contributed by atoms with Crippen molar-refractivity contribution in [3.8, 4) is 0 Å². The van der Waals surface area contributed by atoms with Crippen LogP contribution in [0.3, 0.4) is 0 Å². The fourth-order valence-corrected chi connectivity index (χ4v) is 2.06. The van der Waals surface area contributed by atoms with Gasteiger partial charge in [-0.2, -0.15) is 0 Å². The highest BCUT2D eigenvalue weighted by atomic mass is 32.1. The van der Waals surface area contributed by atoms with Crippen LogP contribution >= 0.6 is 12.2 Å². The van der Waals surface area contributed by atoms with Crippen LogP contribution in [0.4, 0.5) is 4.39 Å². The van der Waals surface area contributed by atoms with E-state index in [9.17, 15) is 9.18 Å². The maximum atomic E-state index is 13.6. The van der Waals surface area contributed by atoms with Crippen LogP contribution in [-0.4, -0.2) is 19.2 Å². The van der Waals surface area contributed by atoms with E-state index in [1.165, 1.54) is 15.0 Å². The number of rotatable bonds is 2. The molecular formula is C12H9FN4OS. The molecule has 0 atom stereocenters. The van der Waals surface area contributed by atoms with Crippen molar-refractivity contribution >= 4 is 17.9 Å². The fourth-order valence-electron chi connectivity index (χ4n) is 1.87. The Morgan fingerprint density at radius 2 is 2.11 bits per heavy atom. The number of aromatic amines is 1. The third-order valence-corrected chi connectivity index (χ3v) is 3.14. The molecule has 2 heterocycles. The van der Waals surface area contributed by atoms with Crippen molar-refractivity contribution in [1.29, 1.82) is 0 Å². The lowest BCUT2D eigenvalue weighted by molar-refractivity contribution is 0.596. The Morgan fingerprint density at radius 3 is 2.89 bits per heavy atom. The van der Waals surface area contributed by atoms with Gasteiger partial charge in [0.15, 0.2) is 4.77 Å². The number of nitrogens with one attached hydrogen (secondary N) is 1. The smallest absolute Gasteiger partial charge is 0.296 e. The highest BCUT2D eigenvalue weighted by Gasteiger charge is 2.08. The zero-order chi connectivity index (χ0) is 13.4. The first-order chi connectivity index (χ1) is 9.16. The highest BCUT2D eigenvalue weighted by Crippen LogP contribution is 2.07. The number of nitrogens with zero attached hydrogens (tertiary/aromatic N) is 3. The van der Waals surface area contributed by atoms with Crippen molar-refractivity contribution in [2.45, 2.75) is 6.54 Å². The zero-order valence-electron chi connectivity index (χ0n) is 9.71. The summed E-state index contributed by atoms with van der Waals surface area (Å²) in [7, 11) is 0. The molecule has 0 aliphatic rings. The molecule has 0 saturated carbocycles. The molecular weight excluding hydrogens is 267 g/mol. The summed E-state index contributed by atoms with van der Waals surface area (Å²) in [6.07, 6.45) is 3.19. The number of hydrogen-bond donors (Lipinski definition) is 1. The van der Waals surface area contributed by atoms with Crippen LogP contribution in [0.2, 0.25) is 0 Å². The molecule has 7 heteroatoms. The van der Waals surface area contributed by atoms with Gasteiger partial charge in [0.1, 0.15) is 5.82 Å². The molecule has 0 radical (unpaired) electrons. The van der Waals surface area contributed by atoms with E-state index in [1.54, 1.807) is 30.6 Å². The van der Waals surface area contributed by atoms with Gasteiger partial charge < -0.3 is 4.57 Å². The number of aromatic nitrogens is 4. The van der Waals surface area contributed by atoms with Gasteiger partial charge in [0.25, 0.3) is 5.56 Å². The Balaban J connectivity index is 2.12. The van der Waals surface area contributed by atoms with Gasteiger partial charge in [0.05, 0.1) is 6.54 Å². The van der Waals surface area contributed by atoms with Gasteiger partial charge in [-0.1, -0.05) is 18.2 Å². The standard InChI is InChI=1S/C12H9FN4OS/c13-9-4-2-1-3-8(9)7-16-5-6-17-10(11(16)18)14-15-12(17)19/h1-6H,7H2,(H,15,19). The third-order valence-electron chi connectivity index (χ3n) is 2.85. The van der Waals surface area contributed by atoms with E-state index in [-0.39, 0.29) is 23.6 Å². The summed E-state index contributed by atoms with van der Waals surface area (Å²) in [4.78, 5) is 12.1. The Labute approximate surface area is 111 Å². The van der Waals surface area contributed by atoms with Gasteiger partial charge in [-0.25, -0.2) is 4.39 Å². The van der Waals surface area contributed by atoms with E-state index in [4.69, 9.17) is 12.2 Å². The lowest BCUT2D eigenvalue weighted by atomic mass is 10.2. The van der Waals surface area contributed by atoms with Crippen molar-refractivity contribution in [2.24, 2.45) is 0 Å². The van der Waals surface area contributed by atoms with Crippen LogP contribution in [0.25, 0.3) is 5.65 Å². The first kappa shape index (κ1) is 11.8. The molecule has 19 heavy (non-hydrogen) atoms. The quantitative estimate of drug-likeness (QED) is 0.725. The van der Waals surface area contributed by atoms with Crippen LogP contribution in [0.15, 0.2) is 41.5 Å². The SMILES string of the molecule is O=c1c2n[nH]c(=S)n2ccn1Cc1ccccc1F. The van der Waals surface area contributed by atoms with E-state index in [0.717, 1.165) is 0 Å². The number of hydrogen-bond acceptors (Lipinski definition) is 3. The summed E-state index contributed by atoms with van der Waals surface area (Å²) in [6.45, 7) is 0.154. The van der Waals surface area contributed by atoms with E-state index >= 15 is 0 Å². The number of H-pyrrole nitrogens is 1. The maximum Gasteiger partial charge on any atom is 0.296 e. The van der Waals surface area contributed by atoms with Crippen LogP contribution < -0.4 is 5.56 Å². The third kappa shape index (κ3) is 1.97. The Bertz CT molecular complexity index is 864. The average Bonchev–Trinajstić information content (AvgIpc) is 2.78. The van der Waals surface area contributed by atoms with Crippen molar-refractivity contribution in [3.63, 3.8) is 0 Å². The molecule has 0 unspecified atom stereocenters. The maximum absolute atomic E-state index is 13.6. The average molecular weight is 276 g/mol. The molecule has 5 nitrogen and oxygen atoms in total. The van der Waals surface area contributed by atoms with Crippen LogP contribution in [0, 0.1) is 10.6 Å². The van der Waals surface area contributed by atoms with Crippen molar-refractivity contribution in [3.05, 3.63) is 63.2 Å². The lowest BCUT2D eigenvalue weighted by Gasteiger charge is -2.06. The monoisotopic (exact) mass is 276 g/mol. The van der Waals surface area contributed by atoms with Crippen LogP contribution in [0.1, 0.15) is 5.56 Å². The predicted molar refractivity (Wildman–Crippen MR) is 70.1 cm³/mol. The van der Waals surface area contributed by atoms with Gasteiger partial charge in [-0.05, 0) is 18.3 Å². The number of halogens is 1. The van der Waals surface area contributed by atoms with Gasteiger partial charge in [-0.15, -0.1) is 5.10 Å². The molecule has 0 spiro atoms. The molecule has 0 fully saturated rings. The summed E-state index contributed by atoms with van der Waals surface area (Å²) >= 11 is 4.98. The summed E-state index contributed by atoms with van der Waals surface area (Å²) in [5.74, 6) is -0.340. The van der Waals surface area contributed by atoms with Crippen molar-refractivity contribution in [1.82, 2.24) is 19.2 Å². The van der Waals surface area contributed by atoms with E-state index in [1.807, 2.05) is 0 Å². The summed E-state index contributed by atoms with van der Waals surface area (Å²) < 4.78 is 16.8. The molecule has 3 aromatic rings. The van der Waals surface area contributed by atoms with Crippen LogP contribution in [0.5, 0.6) is 0 Å². The fraction of sp³-hybridized carbons (Fsp3) is 0.0833. The number of fused-ring (bicyclic) bond motifs is 1. The molecule has 96 valence electrons. The molecule has 1 N–H and O–H groups in total. The first-order valence-corrected chi connectivity index (χ1v) is 5.97. The lowest BCUT2D eigenvalue weighted by Crippen LogP contribution is -2.22. The largest absolute Gasteiger partial charge is 0.306 e. The van der Waals surface area contributed by atoms with Gasteiger partial charge in [0, 0.05) is 18.0 Å². The Hall–Kier alpha value is -2.28.